The van der Waals surface area contributed by atoms with Gasteiger partial charge in [0.15, 0.2) is 0 Å². The molecule has 2 aromatic rings. The lowest BCUT2D eigenvalue weighted by molar-refractivity contribution is 0.169. The third-order valence-electron chi connectivity index (χ3n) is 4.41. The molecule has 4 heteroatoms. The van der Waals surface area contributed by atoms with Gasteiger partial charge >= 0.3 is 0 Å². The highest BCUT2D eigenvalue weighted by atomic mass is 16.5. The Bertz CT molecular complexity index is 624. The van der Waals surface area contributed by atoms with E-state index in [-0.39, 0.29) is 0 Å². The molecule has 0 fully saturated rings. The minimum Gasteiger partial charge on any atom is -0.497 e. The molecule has 0 saturated heterocycles. The Morgan fingerprint density at radius 2 is 1.61 bits per heavy atom. The van der Waals surface area contributed by atoms with Crippen molar-refractivity contribution in [1.29, 1.82) is 0 Å². The van der Waals surface area contributed by atoms with Crippen molar-refractivity contribution in [3.05, 3.63) is 59.2 Å². The Labute approximate surface area is 137 Å². The lowest BCUT2D eigenvalue weighted by Gasteiger charge is -2.18. The number of benzene rings is 2. The van der Waals surface area contributed by atoms with Crippen LogP contribution in [0, 0.1) is 0 Å². The van der Waals surface area contributed by atoms with Crippen molar-refractivity contribution in [2.24, 2.45) is 0 Å². The molecule has 122 valence electrons. The number of hydrogen-bond donors (Lipinski definition) is 2. The summed E-state index contributed by atoms with van der Waals surface area (Å²) in [5.74, 6) is 1.37. The number of rotatable bonds is 6. The molecular weight excluding hydrogens is 290 g/mol. The third kappa shape index (κ3) is 3.66. The van der Waals surface area contributed by atoms with E-state index in [1.807, 2.05) is 12.1 Å². The van der Waals surface area contributed by atoms with Crippen LogP contribution < -0.4 is 14.8 Å². The SMILES string of the molecule is COc1cc(OC)cc(C(O)CNC2Cc3ccccc3C2)c1. The third-order valence-corrected chi connectivity index (χ3v) is 4.41. The summed E-state index contributed by atoms with van der Waals surface area (Å²) in [5, 5.41) is 13.9. The highest BCUT2D eigenvalue weighted by Gasteiger charge is 2.21. The topological polar surface area (TPSA) is 50.7 Å². The summed E-state index contributed by atoms with van der Waals surface area (Å²) in [6, 6.07) is 14.4. The van der Waals surface area contributed by atoms with Gasteiger partial charge in [0.2, 0.25) is 0 Å². The second-order valence-electron chi connectivity index (χ2n) is 5.94. The summed E-state index contributed by atoms with van der Waals surface area (Å²) in [6.07, 6.45) is 1.44. The van der Waals surface area contributed by atoms with Crippen LogP contribution in [0.5, 0.6) is 11.5 Å². The zero-order valence-electron chi connectivity index (χ0n) is 13.6. The predicted molar refractivity (Wildman–Crippen MR) is 90.1 cm³/mol. The summed E-state index contributed by atoms with van der Waals surface area (Å²) in [5.41, 5.74) is 3.61. The minimum absolute atomic E-state index is 0.384. The molecule has 1 atom stereocenters. The molecule has 4 nitrogen and oxygen atoms in total. The molecule has 0 aromatic heterocycles. The van der Waals surface area contributed by atoms with Crippen LogP contribution in [0.1, 0.15) is 22.8 Å². The van der Waals surface area contributed by atoms with Crippen molar-refractivity contribution in [3.63, 3.8) is 0 Å². The molecular formula is C19H23NO3. The highest BCUT2D eigenvalue weighted by molar-refractivity contribution is 5.39. The predicted octanol–water partition coefficient (Wildman–Crippen LogP) is 2.49. The Hall–Kier alpha value is -2.04. The molecule has 0 heterocycles. The highest BCUT2D eigenvalue weighted by Crippen LogP contribution is 2.27. The maximum absolute atomic E-state index is 10.5. The average Bonchev–Trinajstić information content (AvgIpc) is 3.02. The van der Waals surface area contributed by atoms with Gasteiger partial charge in [0.05, 0.1) is 20.3 Å². The van der Waals surface area contributed by atoms with Crippen LogP contribution in [0.15, 0.2) is 42.5 Å². The Morgan fingerprint density at radius 1 is 1.04 bits per heavy atom. The molecule has 1 unspecified atom stereocenters. The maximum atomic E-state index is 10.5. The van der Waals surface area contributed by atoms with Gasteiger partial charge in [-0.3, -0.25) is 0 Å². The lowest BCUT2D eigenvalue weighted by Crippen LogP contribution is -2.33. The van der Waals surface area contributed by atoms with Gasteiger partial charge in [-0.25, -0.2) is 0 Å². The van der Waals surface area contributed by atoms with E-state index >= 15 is 0 Å². The van der Waals surface area contributed by atoms with E-state index < -0.39 is 6.10 Å². The first kappa shape index (κ1) is 15.8. The normalized spacial score (nSPS) is 15.3. The smallest absolute Gasteiger partial charge is 0.122 e. The molecule has 0 aliphatic heterocycles. The number of hydrogen-bond acceptors (Lipinski definition) is 4. The number of nitrogens with one attached hydrogen (secondary N) is 1. The standard InChI is InChI=1S/C19H23NO3/c1-22-17-9-15(10-18(11-17)23-2)19(21)12-20-16-7-13-5-3-4-6-14(13)8-16/h3-6,9-11,16,19-21H,7-8,12H2,1-2H3. The van der Waals surface area contributed by atoms with Crippen LogP contribution in [0.25, 0.3) is 0 Å². The van der Waals surface area contributed by atoms with Crippen molar-refractivity contribution in [3.8, 4) is 11.5 Å². The number of aliphatic hydroxyl groups is 1. The molecule has 0 radical (unpaired) electrons. The zero-order valence-corrected chi connectivity index (χ0v) is 13.6. The molecule has 2 N–H and O–H groups in total. The van der Waals surface area contributed by atoms with E-state index in [9.17, 15) is 5.11 Å². The van der Waals surface area contributed by atoms with Gasteiger partial charge < -0.3 is 19.9 Å². The first-order valence-corrected chi connectivity index (χ1v) is 7.91. The van der Waals surface area contributed by atoms with Gasteiger partial charge in [-0.2, -0.15) is 0 Å². The fourth-order valence-corrected chi connectivity index (χ4v) is 3.12. The van der Waals surface area contributed by atoms with Gasteiger partial charge in [-0.15, -0.1) is 0 Å². The van der Waals surface area contributed by atoms with Crippen molar-refractivity contribution < 1.29 is 14.6 Å². The molecule has 0 saturated carbocycles. The van der Waals surface area contributed by atoms with Crippen LogP contribution in [-0.2, 0) is 12.8 Å². The molecule has 3 rings (SSSR count). The van der Waals surface area contributed by atoms with Crippen LogP contribution >= 0.6 is 0 Å². The first-order chi connectivity index (χ1) is 11.2. The number of ether oxygens (including phenoxy) is 2. The van der Waals surface area contributed by atoms with Crippen LogP contribution in [-0.4, -0.2) is 31.9 Å². The number of aliphatic hydroxyl groups excluding tert-OH is 1. The minimum atomic E-state index is -0.595. The lowest BCUT2D eigenvalue weighted by atomic mass is 10.1. The van der Waals surface area contributed by atoms with E-state index in [2.05, 4.69) is 29.6 Å². The average molecular weight is 313 g/mol. The Balaban J connectivity index is 1.61. The van der Waals surface area contributed by atoms with E-state index in [1.54, 1.807) is 20.3 Å². The summed E-state index contributed by atoms with van der Waals surface area (Å²) in [7, 11) is 3.22. The molecule has 2 aromatic carbocycles. The van der Waals surface area contributed by atoms with Gasteiger partial charge in [-0.1, -0.05) is 24.3 Å². The second kappa shape index (κ2) is 7.02. The fraction of sp³-hybridized carbons (Fsp3) is 0.368. The Morgan fingerprint density at radius 3 is 2.13 bits per heavy atom. The van der Waals surface area contributed by atoms with Crippen LogP contribution in [0.2, 0.25) is 0 Å². The molecule has 1 aliphatic carbocycles. The van der Waals surface area contributed by atoms with Crippen LogP contribution in [0.4, 0.5) is 0 Å². The molecule has 0 spiro atoms. The van der Waals surface area contributed by atoms with E-state index in [0.717, 1.165) is 18.4 Å². The summed E-state index contributed by atoms with van der Waals surface area (Å²) in [6.45, 7) is 0.509. The van der Waals surface area contributed by atoms with Gasteiger partial charge in [-0.05, 0) is 41.7 Å². The molecule has 0 bridgehead atoms. The number of fused-ring (bicyclic) bond motifs is 1. The summed E-state index contributed by atoms with van der Waals surface area (Å²) < 4.78 is 10.5. The fourth-order valence-electron chi connectivity index (χ4n) is 3.12. The Kier molecular flexibility index (Phi) is 4.84. The largest absolute Gasteiger partial charge is 0.497 e. The van der Waals surface area contributed by atoms with Gasteiger partial charge in [0.1, 0.15) is 11.5 Å². The molecule has 23 heavy (non-hydrogen) atoms. The van der Waals surface area contributed by atoms with E-state index in [4.69, 9.17) is 9.47 Å². The number of methoxy groups -OCH3 is 2. The van der Waals surface area contributed by atoms with Crippen molar-refractivity contribution in [2.45, 2.75) is 25.0 Å². The summed E-state index contributed by atoms with van der Waals surface area (Å²) >= 11 is 0. The van der Waals surface area contributed by atoms with Crippen molar-refractivity contribution in [1.82, 2.24) is 5.32 Å². The second-order valence-corrected chi connectivity index (χ2v) is 5.94. The van der Waals surface area contributed by atoms with Crippen molar-refractivity contribution in [2.75, 3.05) is 20.8 Å². The van der Waals surface area contributed by atoms with E-state index in [0.29, 0.717) is 24.1 Å². The maximum Gasteiger partial charge on any atom is 0.122 e. The van der Waals surface area contributed by atoms with E-state index in [1.165, 1.54) is 11.1 Å². The van der Waals surface area contributed by atoms with Crippen molar-refractivity contribution >= 4 is 0 Å². The zero-order chi connectivity index (χ0) is 16.2. The monoisotopic (exact) mass is 313 g/mol. The first-order valence-electron chi connectivity index (χ1n) is 7.91. The quantitative estimate of drug-likeness (QED) is 0.860. The molecule has 1 aliphatic rings. The summed E-state index contributed by atoms with van der Waals surface area (Å²) in [4.78, 5) is 0. The van der Waals surface area contributed by atoms with Gasteiger partial charge in [0.25, 0.3) is 0 Å². The van der Waals surface area contributed by atoms with Crippen LogP contribution in [0.3, 0.4) is 0 Å². The van der Waals surface area contributed by atoms with Gasteiger partial charge in [0, 0.05) is 18.7 Å². The molecule has 0 amide bonds.